The summed E-state index contributed by atoms with van der Waals surface area (Å²) in [4.78, 5) is 28.0. The predicted molar refractivity (Wildman–Crippen MR) is 128 cm³/mol. The number of aromatic nitrogens is 5. The molecule has 3 heterocycles. The van der Waals surface area contributed by atoms with Crippen LogP contribution in [0, 0.1) is 5.92 Å². The Bertz CT molecular complexity index is 1530. The number of aryl methyl sites for hydroxylation is 1. The van der Waals surface area contributed by atoms with Crippen molar-refractivity contribution in [3.63, 3.8) is 0 Å². The Labute approximate surface area is 190 Å². The van der Waals surface area contributed by atoms with Crippen LogP contribution < -0.4 is 15.0 Å². The predicted octanol–water partition coefficient (Wildman–Crippen LogP) is 4.35. The molecule has 0 saturated carbocycles. The summed E-state index contributed by atoms with van der Waals surface area (Å²) < 4.78 is 14.5. The molecule has 2 aromatic carbocycles. The molecule has 0 bridgehead atoms. The van der Waals surface area contributed by atoms with E-state index in [2.05, 4.69) is 13.8 Å². The van der Waals surface area contributed by atoms with Gasteiger partial charge in [0, 0.05) is 24.7 Å². The molecule has 0 radical (unpaired) electrons. The number of fused-ring (bicyclic) bond motifs is 4. The van der Waals surface area contributed by atoms with Gasteiger partial charge in [-0.3, -0.25) is 13.9 Å². The quantitative estimate of drug-likeness (QED) is 0.388. The van der Waals surface area contributed by atoms with Crippen molar-refractivity contribution in [2.45, 2.75) is 26.8 Å². The molecular weight excluding hydrogens is 418 g/mol. The largest absolute Gasteiger partial charge is 0.497 e. The van der Waals surface area contributed by atoms with Gasteiger partial charge in [-0.2, -0.15) is 0 Å². The third kappa shape index (κ3) is 3.57. The van der Waals surface area contributed by atoms with Crippen molar-refractivity contribution in [1.82, 2.24) is 24.1 Å². The third-order valence-electron chi connectivity index (χ3n) is 5.77. The lowest BCUT2D eigenvalue weighted by atomic mass is 10.1. The van der Waals surface area contributed by atoms with E-state index in [1.807, 2.05) is 41.0 Å². The van der Waals surface area contributed by atoms with Gasteiger partial charge in [-0.15, -0.1) is 0 Å². The average molecular weight is 444 g/mol. The van der Waals surface area contributed by atoms with Crippen LogP contribution in [0.25, 0.3) is 38.9 Å². The second kappa shape index (κ2) is 8.20. The van der Waals surface area contributed by atoms with Gasteiger partial charge in [0.15, 0.2) is 11.3 Å². The fourth-order valence-electron chi connectivity index (χ4n) is 3.99. The highest BCUT2D eigenvalue weighted by Gasteiger charge is 2.21. The molecule has 8 heteroatoms. The van der Waals surface area contributed by atoms with Crippen LogP contribution in [0.4, 0.5) is 0 Å². The third-order valence-corrected chi connectivity index (χ3v) is 5.77. The summed E-state index contributed by atoms with van der Waals surface area (Å²) >= 11 is 0. The van der Waals surface area contributed by atoms with E-state index in [-0.39, 0.29) is 5.56 Å². The van der Waals surface area contributed by atoms with Crippen LogP contribution >= 0.6 is 0 Å². The summed E-state index contributed by atoms with van der Waals surface area (Å²) in [7, 11) is 3.20. The molecule has 5 rings (SSSR count). The highest BCUT2D eigenvalue weighted by molar-refractivity contribution is 6.05. The Kier molecular flexibility index (Phi) is 5.20. The first-order valence-corrected chi connectivity index (χ1v) is 10.9. The van der Waals surface area contributed by atoms with Crippen molar-refractivity contribution in [1.29, 1.82) is 0 Å². The van der Waals surface area contributed by atoms with Crippen LogP contribution in [-0.4, -0.2) is 38.3 Å². The van der Waals surface area contributed by atoms with Crippen molar-refractivity contribution in [3.8, 4) is 17.2 Å². The SMILES string of the molecule is COc1cc(OC)cc(-n2c3nc4ccccc4nc3c3c(=O)n(CCC(C)C)cnc32)c1. The minimum Gasteiger partial charge on any atom is -0.497 e. The lowest BCUT2D eigenvalue weighted by molar-refractivity contribution is 0.394. The van der Waals surface area contributed by atoms with E-state index in [4.69, 9.17) is 24.4 Å². The number of ether oxygens (including phenoxy) is 2. The highest BCUT2D eigenvalue weighted by Crippen LogP contribution is 2.32. The van der Waals surface area contributed by atoms with Gasteiger partial charge in [-0.25, -0.2) is 15.0 Å². The number of hydrogen-bond donors (Lipinski definition) is 0. The summed E-state index contributed by atoms with van der Waals surface area (Å²) in [6, 6.07) is 13.2. The maximum atomic E-state index is 13.6. The van der Waals surface area contributed by atoms with E-state index in [0.717, 1.165) is 23.1 Å². The fourth-order valence-corrected chi connectivity index (χ4v) is 3.99. The molecule has 8 nitrogen and oxygen atoms in total. The number of rotatable bonds is 6. The van der Waals surface area contributed by atoms with Gasteiger partial charge in [0.05, 0.1) is 37.3 Å². The van der Waals surface area contributed by atoms with Crippen molar-refractivity contribution in [2.24, 2.45) is 5.92 Å². The molecule has 0 amide bonds. The molecule has 0 spiro atoms. The maximum absolute atomic E-state index is 13.6. The zero-order valence-corrected chi connectivity index (χ0v) is 19.1. The first kappa shape index (κ1) is 20.9. The van der Waals surface area contributed by atoms with Gasteiger partial charge in [0.1, 0.15) is 22.4 Å². The molecule has 5 aromatic rings. The van der Waals surface area contributed by atoms with E-state index >= 15 is 0 Å². The molecule has 0 saturated heterocycles. The van der Waals surface area contributed by atoms with Crippen LogP contribution in [0.3, 0.4) is 0 Å². The second-order valence-electron chi connectivity index (χ2n) is 8.42. The summed E-state index contributed by atoms with van der Waals surface area (Å²) in [5, 5.41) is 0.455. The molecule has 3 aromatic heterocycles. The Hall–Kier alpha value is -3.94. The zero-order chi connectivity index (χ0) is 23.1. The minimum atomic E-state index is -0.121. The molecule has 0 fully saturated rings. The van der Waals surface area contributed by atoms with Gasteiger partial charge in [0.2, 0.25) is 0 Å². The van der Waals surface area contributed by atoms with Crippen LogP contribution in [0.15, 0.2) is 53.6 Å². The first-order chi connectivity index (χ1) is 16.0. The summed E-state index contributed by atoms with van der Waals surface area (Å²) in [5.74, 6) is 1.72. The van der Waals surface area contributed by atoms with Gasteiger partial charge in [-0.05, 0) is 24.5 Å². The smallest absolute Gasteiger partial charge is 0.265 e. The Morgan fingerprint density at radius 1 is 0.939 bits per heavy atom. The topological polar surface area (TPSA) is 84.1 Å². The molecule has 0 aliphatic heterocycles. The van der Waals surface area contributed by atoms with Crippen LogP contribution in [-0.2, 0) is 6.54 Å². The van der Waals surface area contributed by atoms with E-state index in [1.54, 1.807) is 31.2 Å². The molecule has 33 heavy (non-hydrogen) atoms. The zero-order valence-electron chi connectivity index (χ0n) is 19.1. The van der Waals surface area contributed by atoms with E-state index in [9.17, 15) is 4.79 Å². The standard InChI is InChI=1S/C25H25N5O3/c1-15(2)9-10-29-14-26-23-21(25(29)31)22-24(28-20-8-6-5-7-19(20)27-22)30(23)16-11-17(32-3)13-18(12-16)33-4/h5-8,11-15H,9-10H2,1-4H3. The summed E-state index contributed by atoms with van der Waals surface area (Å²) in [5.41, 5.74) is 3.66. The van der Waals surface area contributed by atoms with Crippen molar-refractivity contribution in [2.75, 3.05) is 14.2 Å². The molecule has 0 unspecified atom stereocenters. The van der Waals surface area contributed by atoms with E-state index in [1.165, 1.54) is 0 Å². The fraction of sp³-hybridized carbons (Fsp3) is 0.280. The highest BCUT2D eigenvalue weighted by atomic mass is 16.5. The van der Waals surface area contributed by atoms with Gasteiger partial charge < -0.3 is 9.47 Å². The molecular formula is C25H25N5O3. The Balaban J connectivity index is 1.89. The van der Waals surface area contributed by atoms with E-state index < -0.39 is 0 Å². The lowest BCUT2D eigenvalue weighted by Gasteiger charge is -2.11. The van der Waals surface area contributed by atoms with Gasteiger partial charge in [0.25, 0.3) is 5.56 Å². The number of methoxy groups -OCH3 is 2. The van der Waals surface area contributed by atoms with Crippen LogP contribution in [0.5, 0.6) is 11.5 Å². The molecule has 0 aliphatic carbocycles. The lowest BCUT2D eigenvalue weighted by Crippen LogP contribution is -2.21. The van der Waals surface area contributed by atoms with E-state index in [0.29, 0.717) is 46.2 Å². The summed E-state index contributed by atoms with van der Waals surface area (Å²) in [6.07, 6.45) is 2.49. The molecule has 168 valence electrons. The van der Waals surface area contributed by atoms with Gasteiger partial charge >= 0.3 is 0 Å². The number of nitrogens with zero attached hydrogens (tertiary/aromatic N) is 5. The van der Waals surface area contributed by atoms with Crippen LogP contribution in [0.1, 0.15) is 20.3 Å². The van der Waals surface area contributed by atoms with Crippen molar-refractivity contribution >= 4 is 33.2 Å². The second-order valence-corrected chi connectivity index (χ2v) is 8.42. The first-order valence-electron chi connectivity index (χ1n) is 10.9. The molecule has 0 N–H and O–H groups in total. The van der Waals surface area contributed by atoms with Crippen molar-refractivity contribution < 1.29 is 9.47 Å². The van der Waals surface area contributed by atoms with Crippen molar-refractivity contribution in [3.05, 3.63) is 59.1 Å². The molecule has 0 atom stereocenters. The average Bonchev–Trinajstić information content (AvgIpc) is 3.15. The monoisotopic (exact) mass is 443 g/mol. The molecule has 0 aliphatic rings. The van der Waals surface area contributed by atoms with Crippen LogP contribution in [0.2, 0.25) is 0 Å². The maximum Gasteiger partial charge on any atom is 0.265 e. The normalized spacial score (nSPS) is 11.7. The summed E-state index contributed by atoms with van der Waals surface area (Å²) in [6.45, 7) is 4.87. The van der Waals surface area contributed by atoms with Gasteiger partial charge in [-0.1, -0.05) is 26.0 Å². The Morgan fingerprint density at radius 2 is 1.61 bits per heavy atom. The number of benzene rings is 2. The minimum absolute atomic E-state index is 0.121. The number of para-hydroxylation sites is 2. The Morgan fingerprint density at radius 3 is 2.24 bits per heavy atom. The number of hydrogen-bond acceptors (Lipinski definition) is 6.